The highest BCUT2D eigenvalue weighted by Gasteiger charge is 2.29. The van der Waals surface area contributed by atoms with Crippen molar-refractivity contribution in [2.75, 3.05) is 5.32 Å². The summed E-state index contributed by atoms with van der Waals surface area (Å²) < 4.78 is 5.65. The number of hydrogen-bond acceptors (Lipinski definition) is 3. The second-order valence-electron chi connectivity index (χ2n) is 5.67. The molecule has 3 rings (SSSR count). The Bertz CT molecular complexity index is 792. The third-order valence-electron chi connectivity index (χ3n) is 3.76. The summed E-state index contributed by atoms with van der Waals surface area (Å²) in [5, 5.41) is 6.12. The summed E-state index contributed by atoms with van der Waals surface area (Å²) >= 11 is 6.05. The van der Waals surface area contributed by atoms with Crippen molar-refractivity contribution in [3.63, 3.8) is 0 Å². The highest BCUT2D eigenvalue weighted by molar-refractivity contribution is 6.31. The molecule has 1 heterocycles. The maximum absolute atomic E-state index is 12.1. The molecule has 6 heteroatoms. The molecular formula is C18H17ClN2O3. The molecule has 0 saturated carbocycles. The molecule has 2 amide bonds. The monoisotopic (exact) mass is 344 g/mol. The number of nitrogens with one attached hydrogen (secondary N) is 2. The highest BCUT2D eigenvalue weighted by Crippen LogP contribution is 2.31. The minimum Gasteiger partial charge on any atom is -0.478 e. The van der Waals surface area contributed by atoms with E-state index in [0.29, 0.717) is 23.0 Å². The number of benzene rings is 2. The number of fused-ring (bicyclic) bond motifs is 1. The maximum atomic E-state index is 12.1. The van der Waals surface area contributed by atoms with Crippen LogP contribution in [0.25, 0.3) is 0 Å². The Kier molecular flexibility index (Phi) is 4.71. The molecule has 0 saturated heterocycles. The average molecular weight is 345 g/mol. The quantitative estimate of drug-likeness (QED) is 0.895. The molecule has 1 atom stereocenters. The molecule has 0 unspecified atom stereocenters. The van der Waals surface area contributed by atoms with Crippen LogP contribution in [0, 0.1) is 6.92 Å². The Morgan fingerprint density at radius 3 is 2.88 bits per heavy atom. The number of amides is 2. The molecule has 2 N–H and O–H groups in total. The zero-order valence-corrected chi connectivity index (χ0v) is 13.9. The summed E-state index contributed by atoms with van der Waals surface area (Å²) in [4.78, 5) is 24.2. The standard InChI is InChI=1S/C18H17ClN2O3/c1-11-6-7-15-14(8-11)21-18(23)16(24-15)9-17(22)20-10-12-4-2-3-5-13(12)19/h2-8,16H,9-10H2,1H3,(H,20,22)(H,21,23)/t16-/m0/s1. The number of carbonyl (C=O) groups is 2. The van der Waals surface area contributed by atoms with Gasteiger partial charge in [0.2, 0.25) is 5.91 Å². The Hall–Kier alpha value is -2.53. The predicted octanol–water partition coefficient (Wildman–Crippen LogP) is 3.05. The first-order valence-electron chi connectivity index (χ1n) is 7.61. The summed E-state index contributed by atoms with van der Waals surface area (Å²) in [6.45, 7) is 2.24. The van der Waals surface area contributed by atoms with E-state index in [1.165, 1.54) is 0 Å². The topological polar surface area (TPSA) is 67.4 Å². The van der Waals surface area contributed by atoms with E-state index in [2.05, 4.69) is 10.6 Å². The van der Waals surface area contributed by atoms with Crippen LogP contribution in [0.4, 0.5) is 5.69 Å². The van der Waals surface area contributed by atoms with E-state index in [1.807, 2.05) is 37.3 Å². The molecule has 0 aromatic heterocycles. The lowest BCUT2D eigenvalue weighted by Crippen LogP contribution is -2.40. The van der Waals surface area contributed by atoms with Gasteiger partial charge in [-0.25, -0.2) is 0 Å². The Morgan fingerprint density at radius 1 is 1.29 bits per heavy atom. The zero-order chi connectivity index (χ0) is 17.1. The normalized spacial score (nSPS) is 15.9. The maximum Gasteiger partial charge on any atom is 0.266 e. The summed E-state index contributed by atoms with van der Waals surface area (Å²) in [6, 6.07) is 12.8. The SMILES string of the molecule is Cc1ccc2c(c1)NC(=O)[C@H](CC(=O)NCc1ccccc1Cl)O2. The van der Waals surface area contributed by atoms with Crippen molar-refractivity contribution in [3.8, 4) is 5.75 Å². The summed E-state index contributed by atoms with van der Waals surface area (Å²) in [6.07, 6.45) is -0.893. The number of rotatable bonds is 4. The first-order chi connectivity index (χ1) is 11.5. The first kappa shape index (κ1) is 16.3. The fourth-order valence-corrected chi connectivity index (χ4v) is 2.68. The van der Waals surface area contributed by atoms with Crippen LogP contribution in [0.2, 0.25) is 5.02 Å². The Morgan fingerprint density at radius 2 is 2.08 bits per heavy atom. The summed E-state index contributed by atoms with van der Waals surface area (Å²) in [7, 11) is 0. The number of aryl methyl sites for hydroxylation is 1. The number of hydrogen-bond donors (Lipinski definition) is 2. The van der Waals surface area contributed by atoms with E-state index < -0.39 is 6.10 Å². The molecular weight excluding hydrogens is 328 g/mol. The van der Waals surface area contributed by atoms with E-state index in [9.17, 15) is 9.59 Å². The molecule has 2 aromatic carbocycles. The lowest BCUT2D eigenvalue weighted by atomic mass is 10.1. The fourth-order valence-electron chi connectivity index (χ4n) is 2.47. The Labute approximate surface area is 145 Å². The minimum atomic E-state index is -0.841. The van der Waals surface area contributed by atoms with Gasteiger partial charge in [-0.15, -0.1) is 0 Å². The van der Waals surface area contributed by atoms with Crippen molar-refractivity contribution in [1.82, 2.24) is 5.32 Å². The van der Waals surface area contributed by atoms with Crippen molar-refractivity contribution >= 4 is 29.1 Å². The third kappa shape index (κ3) is 3.68. The highest BCUT2D eigenvalue weighted by atomic mass is 35.5. The molecule has 0 spiro atoms. The van der Waals surface area contributed by atoms with Crippen molar-refractivity contribution < 1.29 is 14.3 Å². The van der Waals surface area contributed by atoms with Crippen molar-refractivity contribution in [3.05, 3.63) is 58.6 Å². The van der Waals surface area contributed by atoms with Gasteiger partial charge in [-0.05, 0) is 36.2 Å². The van der Waals surface area contributed by atoms with Gasteiger partial charge in [-0.1, -0.05) is 35.9 Å². The second kappa shape index (κ2) is 6.93. The molecule has 2 aromatic rings. The van der Waals surface area contributed by atoms with Gasteiger partial charge in [-0.2, -0.15) is 0 Å². The van der Waals surface area contributed by atoms with Crippen LogP contribution < -0.4 is 15.4 Å². The van der Waals surface area contributed by atoms with Gasteiger partial charge in [-0.3, -0.25) is 9.59 Å². The average Bonchev–Trinajstić information content (AvgIpc) is 2.55. The van der Waals surface area contributed by atoms with Gasteiger partial charge in [0, 0.05) is 11.6 Å². The first-order valence-corrected chi connectivity index (χ1v) is 7.99. The Balaban J connectivity index is 1.59. The molecule has 124 valence electrons. The van der Waals surface area contributed by atoms with Crippen LogP contribution in [0.15, 0.2) is 42.5 Å². The largest absolute Gasteiger partial charge is 0.478 e. The lowest BCUT2D eigenvalue weighted by molar-refractivity contribution is -0.130. The molecule has 0 fully saturated rings. The molecule has 0 bridgehead atoms. The van der Waals surface area contributed by atoms with E-state index in [1.54, 1.807) is 12.1 Å². The fraction of sp³-hybridized carbons (Fsp3) is 0.222. The lowest BCUT2D eigenvalue weighted by Gasteiger charge is -2.25. The molecule has 0 aliphatic carbocycles. The van der Waals surface area contributed by atoms with Crippen LogP contribution in [-0.4, -0.2) is 17.9 Å². The van der Waals surface area contributed by atoms with E-state index in [0.717, 1.165) is 11.1 Å². The minimum absolute atomic E-state index is 0.0520. The summed E-state index contributed by atoms with van der Waals surface area (Å²) in [5.41, 5.74) is 2.48. The third-order valence-corrected chi connectivity index (χ3v) is 4.13. The molecule has 0 radical (unpaired) electrons. The van der Waals surface area contributed by atoms with Crippen LogP contribution >= 0.6 is 11.6 Å². The molecule has 1 aliphatic rings. The van der Waals surface area contributed by atoms with E-state index in [4.69, 9.17) is 16.3 Å². The van der Waals surface area contributed by atoms with Gasteiger partial charge in [0.15, 0.2) is 6.10 Å². The second-order valence-corrected chi connectivity index (χ2v) is 6.07. The molecule has 1 aliphatic heterocycles. The smallest absolute Gasteiger partial charge is 0.266 e. The van der Waals surface area contributed by atoms with Crippen molar-refractivity contribution in [2.24, 2.45) is 0 Å². The predicted molar refractivity (Wildman–Crippen MR) is 92.1 cm³/mol. The van der Waals surface area contributed by atoms with Gasteiger partial charge in [0.05, 0.1) is 12.1 Å². The van der Waals surface area contributed by atoms with Crippen molar-refractivity contribution in [1.29, 1.82) is 0 Å². The number of ether oxygens (including phenoxy) is 1. The van der Waals surface area contributed by atoms with Gasteiger partial charge >= 0.3 is 0 Å². The summed E-state index contributed by atoms with van der Waals surface area (Å²) in [5.74, 6) is -0.0178. The molecule has 24 heavy (non-hydrogen) atoms. The van der Waals surface area contributed by atoms with Crippen LogP contribution in [0.5, 0.6) is 5.75 Å². The zero-order valence-electron chi connectivity index (χ0n) is 13.1. The number of carbonyl (C=O) groups excluding carboxylic acids is 2. The van der Waals surface area contributed by atoms with Gasteiger partial charge in [0.1, 0.15) is 5.75 Å². The van der Waals surface area contributed by atoms with Crippen LogP contribution in [0.1, 0.15) is 17.5 Å². The van der Waals surface area contributed by atoms with Crippen molar-refractivity contribution in [2.45, 2.75) is 26.0 Å². The number of anilines is 1. The number of halogens is 1. The van der Waals surface area contributed by atoms with Crippen LogP contribution in [-0.2, 0) is 16.1 Å². The van der Waals surface area contributed by atoms with E-state index in [-0.39, 0.29) is 18.2 Å². The van der Waals surface area contributed by atoms with Crippen LogP contribution in [0.3, 0.4) is 0 Å². The van der Waals surface area contributed by atoms with E-state index >= 15 is 0 Å². The molecule has 5 nitrogen and oxygen atoms in total. The van der Waals surface area contributed by atoms with Gasteiger partial charge in [0.25, 0.3) is 5.91 Å². The van der Waals surface area contributed by atoms with Gasteiger partial charge < -0.3 is 15.4 Å².